The van der Waals surface area contributed by atoms with Crippen LogP contribution in [0.5, 0.6) is 0 Å². The summed E-state index contributed by atoms with van der Waals surface area (Å²) in [5.74, 6) is 0.667. The fraction of sp³-hybridized carbons (Fsp3) is 1.00. The largest absolute Gasteiger partial charge is 2.00 e. The summed E-state index contributed by atoms with van der Waals surface area (Å²) in [6.07, 6.45) is 0. The first-order chi connectivity index (χ1) is 6.81. The summed E-state index contributed by atoms with van der Waals surface area (Å²) in [6, 6.07) is 0. The van der Waals surface area contributed by atoms with E-state index in [4.69, 9.17) is 0 Å². The Hall–Kier alpha value is 1.85. The van der Waals surface area contributed by atoms with Gasteiger partial charge in [-0.15, -0.1) is 0 Å². The van der Waals surface area contributed by atoms with Crippen LogP contribution in [0.2, 0.25) is 0 Å². The van der Waals surface area contributed by atoms with Gasteiger partial charge in [0.05, 0.1) is 0 Å². The molecular formula is C6H15CuNaO6S3. The molecule has 6 nitrogen and oxygen atoms in total. The van der Waals surface area contributed by atoms with E-state index in [0.717, 1.165) is 0 Å². The zero-order valence-corrected chi connectivity index (χ0v) is 15.5. The van der Waals surface area contributed by atoms with Crippen LogP contribution >= 0.6 is 0 Å². The Balaban J connectivity index is -0.0000000400. The molecule has 105 valence electrons. The summed E-state index contributed by atoms with van der Waals surface area (Å²) < 4.78 is 56.2. The molecule has 0 aliphatic heterocycles. The van der Waals surface area contributed by atoms with E-state index in [-0.39, 0.29) is 63.9 Å². The van der Waals surface area contributed by atoms with Crippen molar-refractivity contribution in [2.24, 2.45) is 0 Å². The van der Waals surface area contributed by atoms with Gasteiger partial charge in [-0.2, -0.15) is 0 Å². The van der Waals surface area contributed by atoms with Crippen LogP contribution < -0.4 is 29.6 Å². The molecule has 0 saturated carbocycles. The fourth-order valence-electron chi connectivity index (χ4n) is 0. The molecule has 0 aromatic carbocycles. The molecule has 0 amide bonds. The van der Waals surface area contributed by atoms with Gasteiger partial charge >= 0.3 is 46.6 Å². The Kier molecular flexibility index (Phi) is 48.7. The third-order valence-corrected chi connectivity index (χ3v) is 2.12. The van der Waals surface area contributed by atoms with Gasteiger partial charge < -0.3 is 13.7 Å². The Morgan fingerprint density at radius 2 is 0.765 bits per heavy atom. The predicted molar refractivity (Wildman–Crippen MR) is 58.4 cm³/mol. The molecule has 0 rings (SSSR count). The predicted octanol–water partition coefficient (Wildman–Crippen LogP) is -3.34. The van der Waals surface area contributed by atoms with Gasteiger partial charge in [-0.3, -0.25) is 12.6 Å². The maximum atomic E-state index is 9.37. The van der Waals surface area contributed by atoms with Crippen molar-refractivity contribution in [1.82, 2.24) is 0 Å². The summed E-state index contributed by atoms with van der Waals surface area (Å²) in [5, 5.41) is 0. The van der Waals surface area contributed by atoms with Crippen molar-refractivity contribution in [3.8, 4) is 0 Å². The van der Waals surface area contributed by atoms with Gasteiger partial charge in [-0.1, -0.05) is 54.0 Å². The van der Waals surface area contributed by atoms with Crippen LogP contribution in [-0.2, 0) is 50.3 Å². The zero-order chi connectivity index (χ0) is 12.9. The van der Waals surface area contributed by atoms with Gasteiger partial charge in [0.15, 0.2) is 0 Å². The zero-order valence-electron chi connectivity index (χ0n) is 10.1. The van der Waals surface area contributed by atoms with Crippen LogP contribution in [0.1, 0.15) is 20.8 Å². The van der Waals surface area contributed by atoms with Crippen molar-refractivity contribution in [2.45, 2.75) is 20.8 Å². The summed E-state index contributed by atoms with van der Waals surface area (Å²) in [5.41, 5.74) is 0. The second-order valence-electron chi connectivity index (χ2n) is 1.78. The first kappa shape index (κ1) is 31.3. The van der Waals surface area contributed by atoms with Crippen molar-refractivity contribution in [3.63, 3.8) is 0 Å². The van der Waals surface area contributed by atoms with Gasteiger partial charge in [0.1, 0.15) is 0 Å². The molecular weight excluding hydrogens is 351 g/mol. The minimum atomic E-state index is -1.82. The first-order valence-corrected chi connectivity index (χ1v) is 7.72. The van der Waals surface area contributed by atoms with E-state index in [1.54, 1.807) is 20.8 Å². The minimum absolute atomic E-state index is 0. The van der Waals surface area contributed by atoms with Crippen LogP contribution in [0.3, 0.4) is 0 Å². The standard InChI is InChI=1S/3C2H6O2S.Cu.Na/c3*1-2-5(3)4;;/h3*2H2,1H3,(H,3,4);;/q;;;+2;+1/p-3. The molecule has 0 aromatic heterocycles. The molecule has 3 atom stereocenters. The molecule has 3 unspecified atom stereocenters. The van der Waals surface area contributed by atoms with Crippen molar-refractivity contribution in [3.05, 3.63) is 0 Å². The Morgan fingerprint density at radius 1 is 0.706 bits per heavy atom. The number of hydrogen-bond acceptors (Lipinski definition) is 6. The Labute approximate surface area is 143 Å². The van der Waals surface area contributed by atoms with E-state index in [0.29, 0.717) is 0 Å². The normalized spacial score (nSPS) is 13.1. The molecule has 0 fully saturated rings. The minimum Gasteiger partial charge on any atom is -0.772 e. The van der Waals surface area contributed by atoms with Crippen LogP contribution in [0.25, 0.3) is 0 Å². The van der Waals surface area contributed by atoms with Crippen molar-refractivity contribution in [2.75, 3.05) is 17.3 Å². The molecule has 0 N–H and O–H groups in total. The molecule has 11 heteroatoms. The fourth-order valence-corrected chi connectivity index (χ4v) is 0. The third-order valence-electron chi connectivity index (χ3n) is 0.707. The van der Waals surface area contributed by atoms with Crippen molar-refractivity contribution < 1.29 is 72.9 Å². The quantitative estimate of drug-likeness (QED) is 0.381. The second kappa shape index (κ2) is 26.4. The van der Waals surface area contributed by atoms with Gasteiger partial charge in [-0.25, -0.2) is 0 Å². The number of hydrogen-bond donors (Lipinski definition) is 0. The monoisotopic (exact) mass is 365 g/mol. The van der Waals surface area contributed by atoms with Gasteiger partial charge in [0.2, 0.25) is 0 Å². The van der Waals surface area contributed by atoms with Crippen molar-refractivity contribution >= 4 is 33.2 Å². The van der Waals surface area contributed by atoms with Gasteiger partial charge in [0.25, 0.3) is 0 Å². The molecule has 1 radical (unpaired) electrons. The molecule has 0 aliphatic rings. The molecule has 0 heterocycles. The Morgan fingerprint density at radius 3 is 0.765 bits per heavy atom. The second-order valence-corrected chi connectivity index (χ2v) is 5.33. The summed E-state index contributed by atoms with van der Waals surface area (Å²) in [6.45, 7) is 4.76. The van der Waals surface area contributed by atoms with E-state index in [1.165, 1.54) is 0 Å². The molecule has 17 heavy (non-hydrogen) atoms. The molecule has 0 spiro atoms. The van der Waals surface area contributed by atoms with E-state index >= 15 is 0 Å². The molecule has 0 bridgehead atoms. The summed E-state index contributed by atoms with van der Waals surface area (Å²) in [4.78, 5) is 0. The SMILES string of the molecule is CCS(=O)[O-].CCS(=O)[O-].CCS(=O)[O-].[Cu+2].[Na+]. The third kappa shape index (κ3) is 72.8. The first-order valence-electron chi connectivity index (χ1n) is 3.99. The Bertz CT molecular complexity index is 173. The van der Waals surface area contributed by atoms with E-state index in [1.807, 2.05) is 0 Å². The average Bonchev–Trinajstić information content (AvgIpc) is 2.19. The molecule has 0 saturated heterocycles. The maximum absolute atomic E-state index is 9.37. The summed E-state index contributed by atoms with van der Waals surface area (Å²) >= 11 is -5.47. The topological polar surface area (TPSA) is 120 Å². The maximum Gasteiger partial charge on any atom is 2.00 e. The van der Waals surface area contributed by atoms with Crippen LogP contribution in [0, 0.1) is 0 Å². The van der Waals surface area contributed by atoms with E-state index in [2.05, 4.69) is 0 Å². The smallest absolute Gasteiger partial charge is 0.772 e. The van der Waals surface area contributed by atoms with Gasteiger partial charge in [0, 0.05) is 17.3 Å². The van der Waals surface area contributed by atoms with Gasteiger partial charge in [-0.05, 0) is 0 Å². The molecule has 0 aromatic rings. The average molecular weight is 366 g/mol. The summed E-state index contributed by atoms with van der Waals surface area (Å²) in [7, 11) is 0. The molecule has 0 aliphatic carbocycles. The van der Waals surface area contributed by atoms with Crippen LogP contribution in [-0.4, -0.2) is 43.5 Å². The van der Waals surface area contributed by atoms with Crippen molar-refractivity contribution in [1.29, 1.82) is 0 Å². The van der Waals surface area contributed by atoms with E-state index < -0.39 is 33.2 Å². The van der Waals surface area contributed by atoms with Crippen LogP contribution in [0.15, 0.2) is 0 Å². The van der Waals surface area contributed by atoms with Crippen LogP contribution in [0.4, 0.5) is 0 Å². The van der Waals surface area contributed by atoms with E-state index in [9.17, 15) is 26.3 Å². The number of rotatable bonds is 3.